The summed E-state index contributed by atoms with van der Waals surface area (Å²) in [7, 11) is 0. The highest BCUT2D eigenvalue weighted by Gasteiger charge is 2.19. The Morgan fingerprint density at radius 3 is 2.59 bits per heavy atom. The van der Waals surface area contributed by atoms with E-state index in [1.807, 2.05) is 6.92 Å². The van der Waals surface area contributed by atoms with Crippen molar-refractivity contribution in [1.82, 2.24) is 9.97 Å². The van der Waals surface area contributed by atoms with E-state index in [1.165, 1.54) is 0 Å². The van der Waals surface area contributed by atoms with Gasteiger partial charge in [0, 0.05) is 6.54 Å². The molecule has 2 N–H and O–H groups in total. The lowest BCUT2D eigenvalue weighted by molar-refractivity contribution is -0.385. The first-order valence-corrected chi connectivity index (χ1v) is 5.37. The molecule has 94 valence electrons. The molecule has 0 amide bonds. The number of nitrogens with zero attached hydrogens (tertiary/aromatic N) is 3. The quantitative estimate of drug-likeness (QED) is 0.575. The van der Waals surface area contributed by atoms with E-state index in [9.17, 15) is 15.2 Å². The zero-order valence-corrected chi connectivity index (χ0v) is 9.88. The maximum absolute atomic E-state index is 10.4. The van der Waals surface area contributed by atoms with E-state index in [4.69, 9.17) is 0 Å². The standard InChI is InChI=1S/C10H16N4O3/c1-3-4-10(2,15)7-13-9-11-5-8(6-12-9)14(16)17/h5-6,15H,3-4,7H2,1-2H3,(H,11,12,13). The van der Waals surface area contributed by atoms with Gasteiger partial charge in [-0.1, -0.05) is 13.3 Å². The van der Waals surface area contributed by atoms with Crippen LogP contribution >= 0.6 is 0 Å². The van der Waals surface area contributed by atoms with Crippen LogP contribution in [0.25, 0.3) is 0 Å². The first kappa shape index (κ1) is 13.3. The molecule has 0 aromatic carbocycles. The van der Waals surface area contributed by atoms with Crippen LogP contribution < -0.4 is 5.32 Å². The van der Waals surface area contributed by atoms with Gasteiger partial charge in [-0.15, -0.1) is 0 Å². The summed E-state index contributed by atoms with van der Waals surface area (Å²) in [4.78, 5) is 17.4. The lowest BCUT2D eigenvalue weighted by Gasteiger charge is -2.22. The summed E-state index contributed by atoms with van der Waals surface area (Å²) in [5, 5.41) is 23.1. The molecular weight excluding hydrogens is 224 g/mol. The normalized spacial score (nSPS) is 14.1. The van der Waals surface area contributed by atoms with Crippen molar-refractivity contribution in [1.29, 1.82) is 0 Å². The number of rotatable bonds is 6. The molecule has 1 aromatic rings. The van der Waals surface area contributed by atoms with Crippen molar-refractivity contribution in [2.75, 3.05) is 11.9 Å². The molecule has 0 aliphatic rings. The van der Waals surface area contributed by atoms with Crippen LogP contribution in [-0.2, 0) is 0 Å². The number of nitrogens with one attached hydrogen (secondary N) is 1. The zero-order valence-electron chi connectivity index (χ0n) is 9.88. The summed E-state index contributed by atoms with van der Waals surface area (Å²) < 4.78 is 0. The van der Waals surface area contributed by atoms with Gasteiger partial charge in [-0.05, 0) is 13.3 Å². The Kier molecular flexibility index (Phi) is 4.33. The smallest absolute Gasteiger partial charge is 0.305 e. The van der Waals surface area contributed by atoms with E-state index in [1.54, 1.807) is 6.92 Å². The lowest BCUT2D eigenvalue weighted by Crippen LogP contribution is -2.33. The molecule has 7 nitrogen and oxygen atoms in total. The molecule has 1 aromatic heterocycles. The SMILES string of the molecule is CCCC(C)(O)CNc1ncc([N+](=O)[O-])cn1. The van der Waals surface area contributed by atoms with Gasteiger partial charge in [-0.3, -0.25) is 10.1 Å². The molecule has 0 bridgehead atoms. The van der Waals surface area contributed by atoms with Gasteiger partial charge in [0.25, 0.3) is 0 Å². The summed E-state index contributed by atoms with van der Waals surface area (Å²) in [6.45, 7) is 4.00. The largest absolute Gasteiger partial charge is 0.388 e. The number of hydrogen-bond donors (Lipinski definition) is 2. The van der Waals surface area contributed by atoms with Crippen molar-refractivity contribution in [2.24, 2.45) is 0 Å². The monoisotopic (exact) mass is 240 g/mol. The molecule has 7 heteroatoms. The molecule has 1 unspecified atom stereocenters. The fraction of sp³-hybridized carbons (Fsp3) is 0.600. The van der Waals surface area contributed by atoms with Crippen LogP contribution in [0.15, 0.2) is 12.4 Å². The van der Waals surface area contributed by atoms with Crippen molar-refractivity contribution in [3.05, 3.63) is 22.5 Å². The Morgan fingerprint density at radius 2 is 2.12 bits per heavy atom. The third-order valence-electron chi connectivity index (χ3n) is 2.26. The van der Waals surface area contributed by atoms with E-state index in [0.29, 0.717) is 13.0 Å². The molecular formula is C10H16N4O3. The number of hydrogen-bond acceptors (Lipinski definition) is 6. The summed E-state index contributed by atoms with van der Waals surface area (Å²) in [5.74, 6) is 0.270. The number of anilines is 1. The van der Waals surface area contributed by atoms with Gasteiger partial charge in [0.05, 0.1) is 10.5 Å². The van der Waals surface area contributed by atoms with Gasteiger partial charge in [-0.2, -0.15) is 0 Å². The highest BCUT2D eigenvalue weighted by atomic mass is 16.6. The summed E-state index contributed by atoms with van der Waals surface area (Å²) in [6.07, 6.45) is 3.79. The lowest BCUT2D eigenvalue weighted by atomic mass is 10.0. The van der Waals surface area contributed by atoms with E-state index in [-0.39, 0.29) is 11.6 Å². The van der Waals surface area contributed by atoms with Crippen molar-refractivity contribution < 1.29 is 10.0 Å². The number of nitro groups is 1. The average molecular weight is 240 g/mol. The second-order valence-corrected chi connectivity index (χ2v) is 4.12. The van der Waals surface area contributed by atoms with Crippen LogP contribution in [0.3, 0.4) is 0 Å². The van der Waals surface area contributed by atoms with Crippen LogP contribution in [0.4, 0.5) is 11.6 Å². The van der Waals surface area contributed by atoms with Gasteiger partial charge >= 0.3 is 5.69 Å². The minimum Gasteiger partial charge on any atom is -0.388 e. The van der Waals surface area contributed by atoms with Crippen LogP contribution in [0.5, 0.6) is 0 Å². The van der Waals surface area contributed by atoms with E-state index >= 15 is 0 Å². The van der Waals surface area contributed by atoms with E-state index < -0.39 is 10.5 Å². The molecule has 0 aliphatic heterocycles. The fourth-order valence-electron chi connectivity index (χ4n) is 1.40. The Hall–Kier alpha value is -1.76. The topological polar surface area (TPSA) is 101 Å². The predicted octanol–water partition coefficient (Wildman–Crippen LogP) is 1.35. The van der Waals surface area contributed by atoms with E-state index in [0.717, 1.165) is 18.8 Å². The molecule has 0 aliphatic carbocycles. The van der Waals surface area contributed by atoms with Gasteiger partial charge in [-0.25, -0.2) is 9.97 Å². The Morgan fingerprint density at radius 1 is 1.53 bits per heavy atom. The molecule has 0 fully saturated rings. The van der Waals surface area contributed by atoms with Crippen molar-refractivity contribution in [2.45, 2.75) is 32.3 Å². The third kappa shape index (κ3) is 4.31. The number of aliphatic hydroxyl groups is 1. The van der Waals surface area contributed by atoms with Crippen molar-refractivity contribution >= 4 is 11.6 Å². The Labute approximate surface area is 99.1 Å². The molecule has 1 rings (SSSR count). The Bertz CT molecular complexity index is 378. The molecule has 0 saturated carbocycles. The first-order valence-electron chi connectivity index (χ1n) is 5.37. The average Bonchev–Trinajstić information content (AvgIpc) is 2.27. The van der Waals surface area contributed by atoms with Crippen LogP contribution in [0.1, 0.15) is 26.7 Å². The van der Waals surface area contributed by atoms with Crippen LogP contribution in [-0.4, -0.2) is 32.1 Å². The molecule has 0 saturated heterocycles. The minimum absolute atomic E-state index is 0.157. The van der Waals surface area contributed by atoms with Crippen LogP contribution in [0, 0.1) is 10.1 Å². The highest BCUT2D eigenvalue weighted by Crippen LogP contribution is 2.13. The minimum atomic E-state index is -0.833. The molecule has 1 atom stereocenters. The second-order valence-electron chi connectivity index (χ2n) is 4.12. The maximum Gasteiger partial charge on any atom is 0.305 e. The van der Waals surface area contributed by atoms with Gasteiger partial charge in [0.2, 0.25) is 5.95 Å². The Balaban J connectivity index is 2.55. The molecule has 17 heavy (non-hydrogen) atoms. The third-order valence-corrected chi connectivity index (χ3v) is 2.26. The summed E-state index contributed by atoms with van der Waals surface area (Å²) in [5.41, 5.74) is -0.990. The summed E-state index contributed by atoms with van der Waals surface area (Å²) in [6, 6.07) is 0. The summed E-state index contributed by atoms with van der Waals surface area (Å²) >= 11 is 0. The molecule has 0 radical (unpaired) electrons. The first-order chi connectivity index (χ1) is 7.94. The maximum atomic E-state index is 10.4. The molecule has 0 spiro atoms. The second kappa shape index (κ2) is 5.53. The number of aromatic nitrogens is 2. The van der Waals surface area contributed by atoms with E-state index in [2.05, 4.69) is 15.3 Å². The zero-order chi connectivity index (χ0) is 12.9. The fourth-order valence-corrected chi connectivity index (χ4v) is 1.40. The van der Waals surface area contributed by atoms with Crippen molar-refractivity contribution in [3.63, 3.8) is 0 Å². The predicted molar refractivity (Wildman–Crippen MR) is 62.7 cm³/mol. The van der Waals surface area contributed by atoms with Crippen LogP contribution in [0.2, 0.25) is 0 Å². The van der Waals surface area contributed by atoms with Crippen molar-refractivity contribution in [3.8, 4) is 0 Å². The van der Waals surface area contributed by atoms with Gasteiger partial charge in [0.15, 0.2) is 0 Å². The molecule has 1 heterocycles. The highest BCUT2D eigenvalue weighted by molar-refractivity contribution is 5.30. The van der Waals surface area contributed by atoms with Gasteiger partial charge in [0.1, 0.15) is 12.4 Å². The van der Waals surface area contributed by atoms with Gasteiger partial charge < -0.3 is 10.4 Å².